The lowest BCUT2D eigenvalue weighted by Crippen LogP contribution is -2.36. The van der Waals surface area contributed by atoms with Gasteiger partial charge in [0, 0.05) is 6.04 Å². The van der Waals surface area contributed by atoms with Crippen LogP contribution >= 0.6 is 0 Å². The van der Waals surface area contributed by atoms with Crippen LogP contribution in [0.5, 0.6) is 0 Å². The van der Waals surface area contributed by atoms with Crippen LogP contribution in [-0.4, -0.2) is 26.7 Å². The van der Waals surface area contributed by atoms with Gasteiger partial charge >= 0.3 is 0 Å². The zero-order chi connectivity index (χ0) is 14.7. The Hall–Kier alpha value is -2.17. The molecule has 3 rings (SSSR count). The van der Waals surface area contributed by atoms with E-state index in [1.54, 1.807) is 11.0 Å². The van der Waals surface area contributed by atoms with E-state index in [1.807, 2.05) is 31.2 Å². The van der Waals surface area contributed by atoms with Gasteiger partial charge in [0.05, 0.1) is 5.69 Å². The molecule has 1 aromatic heterocycles. The normalized spacial score (nSPS) is 15.9. The van der Waals surface area contributed by atoms with Gasteiger partial charge in [-0.3, -0.25) is 4.79 Å². The van der Waals surface area contributed by atoms with Crippen LogP contribution < -0.4 is 5.32 Å². The minimum atomic E-state index is -0.172. The number of carbonyl (C=O) groups excluding carboxylic acids is 1. The first-order chi connectivity index (χ1) is 10.2. The molecule has 1 aromatic carbocycles. The summed E-state index contributed by atoms with van der Waals surface area (Å²) in [5, 5.41) is 7.34. The van der Waals surface area contributed by atoms with Crippen molar-refractivity contribution in [2.24, 2.45) is 0 Å². The van der Waals surface area contributed by atoms with Crippen LogP contribution in [0.4, 0.5) is 0 Å². The van der Waals surface area contributed by atoms with Crippen LogP contribution in [0.3, 0.4) is 0 Å². The van der Waals surface area contributed by atoms with E-state index in [4.69, 9.17) is 0 Å². The number of aromatic nitrogens is 3. The molecule has 0 radical (unpaired) electrons. The predicted octanol–water partition coefficient (Wildman–Crippen LogP) is 2.64. The maximum absolute atomic E-state index is 12.2. The number of para-hydroxylation sites is 1. The van der Waals surface area contributed by atoms with Crippen molar-refractivity contribution in [2.45, 2.75) is 45.1 Å². The number of amides is 1. The van der Waals surface area contributed by atoms with Crippen molar-refractivity contribution in [2.75, 3.05) is 0 Å². The molecule has 5 nitrogen and oxygen atoms in total. The maximum atomic E-state index is 12.2. The number of carbonyl (C=O) groups is 1. The Labute approximate surface area is 124 Å². The fourth-order valence-corrected chi connectivity index (χ4v) is 2.80. The number of benzene rings is 1. The average molecular weight is 284 g/mol. The van der Waals surface area contributed by atoms with E-state index in [0.717, 1.165) is 24.1 Å². The van der Waals surface area contributed by atoms with Gasteiger partial charge in [-0.2, -0.15) is 0 Å². The maximum Gasteiger partial charge on any atom is 0.291 e. The summed E-state index contributed by atoms with van der Waals surface area (Å²) in [5.74, 6) is 0.0676. The second-order valence-corrected chi connectivity index (χ2v) is 5.61. The molecule has 1 N–H and O–H groups in total. The van der Waals surface area contributed by atoms with Crippen molar-refractivity contribution in [1.29, 1.82) is 0 Å². The van der Waals surface area contributed by atoms with Crippen LogP contribution in [0, 0.1) is 6.92 Å². The molecule has 0 atom stereocenters. The van der Waals surface area contributed by atoms with Crippen LogP contribution in [0.1, 0.15) is 48.3 Å². The molecule has 0 unspecified atom stereocenters. The summed E-state index contributed by atoms with van der Waals surface area (Å²) >= 11 is 0. The number of nitrogens with zero attached hydrogens (tertiary/aromatic N) is 3. The third-order valence-electron chi connectivity index (χ3n) is 4.00. The van der Waals surface area contributed by atoms with Gasteiger partial charge in [-0.1, -0.05) is 37.5 Å². The van der Waals surface area contributed by atoms with Gasteiger partial charge < -0.3 is 5.32 Å². The second-order valence-electron chi connectivity index (χ2n) is 5.61. The van der Waals surface area contributed by atoms with E-state index in [-0.39, 0.29) is 17.8 Å². The van der Waals surface area contributed by atoms with Crippen molar-refractivity contribution >= 4 is 5.91 Å². The molecule has 21 heavy (non-hydrogen) atoms. The van der Waals surface area contributed by atoms with Gasteiger partial charge in [0.2, 0.25) is 5.82 Å². The lowest BCUT2D eigenvalue weighted by molar-refractivity contribution is 0.0917. The van der Waals surface area contributed by atoms with Crippen LogP contribution in [0.2, 0.25) is 0 Å². The molecule has 1 aliphatic rings. The molecule has 110 valence electrons. The van der Waals surface area contributed by atoms with Crippen molar-refractivity contribution < 1.29 is 4.79 Å². The fraction of sp³-hybridized carbons (Fsp3) is 0.438. The van der Waals surface area contributed by atoms with E-state index in [1.165, 1.54) is 19.3 Å². The molecule has 0 aliphatic heterocycles. The molecule has 0 saturated heterocycles. The Bertz CT molecular complexity index is 629. The molecular weight excluding hydrogens is 264 g/mol. The monoisotopic (exact) mass is 284 g/mol. The zero-order valence-corrected chi connectivity index (χ0v) is 12.2. The van der Waals surface area contributed by atoms with Gasteiger partial charge in [-0.25, -0.2) is 9.67 Å². The Balaban J connectivity index is 1.72. The number of nitrogens with one attached hydrogen (secondary N) is 1. The first-order valence-corrected chi connectivity index (χ1v) is 7.52. The highest BCUT2D eigenvalue weighted by Gasteiger charge is 2.19. The average Bonchev–Trinajstić information content (AvgIpc) is 2.98. The molecule has 1 heterocycles. The van der Waals surface area contributed by atoms with Gasteiger partial charge in [-0.15, -0.1) is 5.10 Å². The van der Waals surface area contributed by atoms with Crippen molar-refractivity contribution in [3.05, 3.63) is 42.0 Å². The minimum absolute atomic E-state index is 0.172. The summed E-state index contributed by atoms with van der Waals surface area (Å²) in [7, 11) is 0. The van der Waals surface area contributed by atoms with Gasteiger partial charge in [0.1, 0.15) is 6.33 Å². The van der Waals surface area contributed by atoms with E-state index in [0.29, 0.717) is 0 Å². The van der Waals surface area contributed by atoms with Crippen molar-refractivity contribution in [3.8, 4) is 5.69 Å². The molecule has 1 aliphatic carbocycles. The summed E-state index contributed by atoms with van der Waals surface area (Å²) in [6, 6.07) is 8.18. The number of aryl methyl sites for hydroxylation is 1. The third kappa shape index (κ3) is 3.12. The van der Waals surface area contributed by atoms with Gasteiger partial charge in [0.15, 0.2) is 0 Å². The van der Waals surface area contributed by atoms with Crippen LogP contribution in [-0.2, 0) is 0 Å². The molecule has 1 amide bonds. The first kappa shape index (κ1) is 13.8. The summed E-state index contributed by atoms with van der Waals surface area (Å²) in [6.07, 6.45) is 7.37. The van der Waals surface area contributed by atoms with E-state index in [9.17, 15) is 4.79 Å². The minimum Gasteiger partial charge on any atom is -0.347 e. The predicted molar refractivity (Wildman–Crippen MR) is 80.4 cm³/mol. The number of hydrogen-bond acceptors (Lipinski definition) is 3. The molecule has 5 heteroatoms. The molecule has 0 bridgehead atoms. The zero-order valence-electron chi connectivity index (χ0n) is 12.2. The lowest BCUT2D eigenvalue weighted by atomic mass is 9.95. The first-order valence-electron chi connectivity index (χ1n) is 7.52. The summed E-state index contributed by atoms with van der Waals surface area (Å²) in [5.41, 5.74) is 2.04. The Morgan fingerprint density at radius 2 is 2.00 bits per heavy atom. The quantitative estimate of drug-likeness (QED) is 0.942. The van der Waals surface area contributed by atoms with Gasteiger partial charge in [-0.05, 0) is 31.4 Å². The highest BCUT2D eigenvalue weighted by atomic mass is 16.2. The van der Waals surface area contributed by atoms with Crippen molar-refractivity contribution in [1.82, 2.24) is 20.1 Å². The molecule has 1 saturated carbocycles. The molecule has 1 fully saturated rings. The largest absolute Gasteiger partial charge is 0.347 e. The standard InChI is InChI=1S/C16H20N4O/c1-12-7-5-6-10-14(12)20-11-17-15(19-20)16(21)18-13-8-3-2-4-9-13/h5-7,10-11,13H,2-4,8-9H2,1H3,(H,18,21). The summed E-state index contributed by atoms with van der Waals surface area (Å²) < 4.78 is 1.66. The SMILES string of the molecule is Cc1ccccc1-n1cnc(C(=O)NC2CCCCC2)n1. The van der Waals surface area contributed by atoms with E-state index < -0.39 is 0 Å². The van der Waals surface area contributed by atoms with Gasteiger partial charge in [0.25, 0.3) is 5.91 Å². The molecule has 2 aromatic rings. The fourth-order valence-electron chi connectivity index (χ4n) is 2.80. The summed E-state index contributed by atoms with van der Waals surface area (Å²) in [4.78, 5) is 16.3. The number of hydrogen-bond donors (Lipinski definition) is 1. The lowest BCUT2D eigenvalue weighted by Gasteiger charge is -2.21. The Kier molecular flexibility index (Phi) is 3.99. The smallest absolute Gasteiger partial charge is 0.291 e. The summed E-state index contributed by atoms with van der Waals surface area (Å²) in [6.45, 7) is 2.01. The van der Waals surface area contributed by atoms with Crippen LogP contribution in [0.15, 0.2) is 30.6 Å². The van der Waals surface area contributed by atoms with Crippen molar-refractivity contribution in [3.63, 3.8) is 0 Å². The van der Waals surface area contributed by atoms with E-state index >= 15 is 0 Å². The van der Waals surface area contributed by atoms with Crippen LogP contribution in [0.25, 0.3) is 5.69 Å². The highest BCUT2D eigenvalue weighted by molar-refractivity contribution is 5.90. The third-order valence-corrected chi connectivity index (χ3v) is 4.00. The Morgan fingerprint density at radius 3 is 2.76 bits per heavy atom. The topological polar surface area (TPSA) is 59.8 Å². The Morgan fingerprint density at radius 1 is 1.24 bits per heavy atom. The molecule has 0 spiro atoms. The van der Waals surface area contributed by atoms with E-state index in [2.05, 4.69) is 15.4 Å². The second kappa shape index (κ2) is 6.08. The molecular formula is C16H20N4O. The number of rotatable bonds is 3. The highest BCUT2D eigenvalue weighted by Crippen LogP contribution is 2.17.